The molecule has 1 amide bonds. The standard InChI is InChI=1S/C13H17NO2.ClH/c14-13(15)11-7-4-8-12(11)16-9-10-5-2-1-3-6-10;/h1-3,5-6,11-12H,4,7-9H2,(H2,14,15);1H. The summed E-state index contributed by atoms with van der Waals surface area (Å²) in [4.78, 5) is 11.2. The highest BCUT2D eigenvalue weighted by Crippen LogP contribution is 2.28. The third-order valence-corrected chi connectivity index (χ3v) is 3.12. The van der Waals surface area contributed by atoms with E-state index in [0.717, 1.165) is 24.8 Å². The van der Waals surface area contributed by atoms with Crippen molar-refractivity contribution in [1.82, 2.24) is 0 Å². The maximum Gasteiger partial charge on any atom is 0.223 e. The topological polar surface area (TPSA) is 52.3 Å². The maximum atomic E-state index is 11.2. The van der Waals surface area contributed by atoms with E-state index in [2.05, 4.69) is 0 Å². The van der Waals surface area contributed by atoms with Crippen LogP contribution in [0.1, 0.15) is 24.8 Å². The van der Waals surface area contributed by atoms with Crippen molar-refractivity contribution in [1.29, 1.82) is 0 Å². The summed E-state index contributed by atoms with van der Waals surface area (Å²) >= 11 is 0. The SMILES string of the molecule is Cl.NC(=O)C1CCCC1OCc1ccccc1. The van der Waals surface area contributed by atoms with Crippen molar-refractivity contribution in [3.8, 4) is 0 Å². The van der Waals surface area contributed by atoms with Crippen molar-refractivity contribution < 1.29 is 9.53 Å². The van der Waals surface area contributed by atoms with Crippen molar-refractivity contribution in [3.05, 3.63) is 35.9 Å². The van der Waals surface area contributed by atoms with Gasteiger partial charge in [0.25, 0.3) is 0 Å². The molecule has 94 valence electrons. The van der Waals surface area contributed by atoms with Crippen LogP contribution in [-0.4, -0.2) is 12.0 Å². The maximum absolute atomic E-state index is 11.2. The largest absolute Gasteiger partial charge is 0.373 e. The van der Waals surface area contributed by atoms with Crippen LogP contribution in [0.25, 0.3) is 0 Å². The molecule has 0 aromatic heterocycles. The Balaban J connectivity index is 0.00000144. The molecular formula is C13H18ClNO2. The van der Waals surface area contributed by atoms with Gasteiger partial charge in [-0.1, -0.05) is 30.3 Å². The minimum absolute atomic E-state index is 0. The fourth-order valence-corrected chi connectivity index (χ4v) is 2.23. The first-order chi connectivity index (χ1) is 7.77. The van der Waals surface area contributed by atoms with Gasteiger partial charge in [-0.2, -0.15) is 0 Å². The zero-order valence-electron chi connectivity index (χ0n) is 9.67. The molecule has 1 aliphatic rings. The lowest BCUT2D eigenvalue weighted by Crippen LogP contribution is -2.31. The van der Waals surface area contributed by atoms with E-state index in [9.17, 15) is 4.79 Å². The van der Waals surface area contributed by atoms with Gasteiger partial charge in [0.2, 0.25) is 5.91 Å². The number of nitrogens with two attached hydrogens (primary N) is 1. The van der Waals surface area contributed by atoms with Gasteiger partial charge in [-0.15, -0.1) is 12.4 Å². The number of hydrogen-bond donors (Lipinski definition) is 1. The van der Waals surface area contributed by atoms with Gasteiger partial charge in [-0.25, -0.2) is 0 Å². The predicted octanol–water partition coefficient (Wildman–Crippen LogP) is 2.28. The van der Waals surface area contributed by atoms with Crippen molar-refractivity contribution >= 4 is 18.3 Å². The lowest BCUT2D eigenvalue weighted by Gasteiger charge is -2.17. The molecule has 1 aromatic rings. The first-order valence-electron chi connectivity index (χ1n) is 5.72. The number of rotatable bonds is 4. The van der Waals surface area contributed by atoms with Crippen molar-refractivity contribution in [2.24, 2.45) is 11.7 Å². The number of primary amides is 1. The molecule has 0 aliphatic heterocycles. The number of hydrogen-bond acceptors (Lipinski definition) is 2. The molecule has 0 radical (unpaired) electrons. The smallest absolute Gasteiger partial charge is 0.223 e. The first-order valence-corrected chi connectivity index (χ1v) is 5.72. The molecule has 0 bridgehead atoms. The fraction of sp³-hybridized carbons (Fsp3) is 0.462. The van der Waals surface area contributed by atoms with E-state index in [1.807, 2.05) is 30.3 Å². The van der Waals surface area contributed by atoms with E-state index in [4.69, 9.17) is 10.5 Å². The molecule has 2 N–H and O–H groups in total. The molecule has 4 heteroatoms. The molecule has 0 heterocycles. The molecule has 1 aromatic carbocycles. The van der Waals surface area contributed by atoms with E-state index in [1.54, 1.807) is 0 Å². The molecule has 0 saturated heterocycles. The highest BCUT2D eigenvalue weighted by molar-refractivity contribution is 5.85. The Labute approximate surface area is 108 Å². The number of amides is 1. The second kappa shape index (κ2) is 6.62. The van der Waals surface area contributed by atoms with Crippen molar-refractivity contribution in [2.75, 3.05) is 0 Å². The summed E-state index contributed by atoms with van der Waals surface area (Å²) in [5.74, 6) is -0.320. The van der Waals surface area contributed by atoms with Crippen LogP contribution >= 0.6 is 12.4 Å². The van der Waals surface area contributed by atoms with Crippen LogP contribution in [0.3, 0.4) is 0 Å². The summed E-state index contributed by atoms with van der Waals surface area (Å²) in [5.41, 5.74) is 6.47. The molecular weight excluding hydrogens is 238 g/mol. The lowest BCUT2D eigenvalue weighted by atomic mass is 10.1. The Morgan fingerprint density at radius 1 is 1.29 bits per heavy atom. The second-order valence-electron chi connectivity index (χ2n) is 4.27. The van der Waals surface area contributed by atoms with Crippen LogP contribution in [0.2, 0.25) is 0 Å². The van der Waals surface area contributed by atoms with Crippen LogP contribution < -0.4 is 5.73 Å². The summed E-state index contributed by atoms with van der Waals surface area (Å²) in [7, 11) is 0. The quantitative estimate of drug-likeness (QED) is 0.897. The zero-order chi connectivity index (χ0) is 11.4. The van der Waals surface area contributed by atoms with Gasteiger partial charge < -0.3 is 10.5 Å². The second-order valence-corrected chi connectivity index (χ2v) is 4.27. The Kier molecular flexibility index (Phi) is 5.45. The molecule has 17 heavy (non-hydrogen) atoms. The van der Waals surface area contributed by atoms with Gasteiger partial charge in [0.1, 0.15) is 0 Å². The van der Waals surface area contributed by atoms with Crippen LogP contribution in [0.15, 0.2) is 30.3 Å². The van der Waals surface area contributed by atoms with E-state index < -0.39 is 0 Å². The summed E-state index contributed by atoms with van der Waals surface area (Å²) in [5, 5.41) is 0. The van der Waals surface area contributed by atoms with Crippen molar-refractivity contribution in [2.45, 2.75) is 32.0 Å². The minimum Gasteiger partial charge on any atom is -0.373 e. The number of ether oxygens (including phenoxy) is 1. The Bertz CT molecular complexity index is 356. The summed E-state index contributed by atoms with van der Waals surface area (Å²) in [6.45, 7) is 0.565. The first kappa shape index (κ1) is 14.0. The van der Waals surface area contributed by atoms with Crippen molar-refractivity contribution in [3.63, 3.8) is 0 Å². The third-order valence-electron chi connectivity index (χ3n) is 3.12. The van der Waals surface area contributed by atoms with E-state index in [-0.39, 0.29) is 30.3 Å². The van der Waals surface area contributed by atoms with Crippen LogP contribution in [-0.2, 0) is 16.1 Å². The van der Waals surface area contributed by atoms with Crippen LogP contribution in [0.4, 0.5) is 0 Å². The monoisotopic (exact) mass is 255 g/mol. The van der Waals surface area contributed by atoms with Crippen LogP contribution in [0, 0.1) is 5.92 Å². The summed E-state index contributed by atoms with van der Waals surface area (Å²) < 4.78 is 5.76. The fourth-order valence-electron chi connectivity index (χ4n) is 2.23. The number of carbonyl (C=O) groups is 1. The van der Waals surface area contributed by atoms with E-state index in [1.165, 1.54) is 0 Å². The zero-order valence-corrected chi connectivity index (χ0v) is 10.5. The number of benzene rings is 1. The molecule has 2 unspecified atom stereocenters. The Morgan fingerprint density at radius 2 is 2.00 bits per heavy atom. The molecule has 1 fully saturated rings. The molecule has 2 atom stereocenters. The summed E-state index contributed by atoms with van der Waals surface area (Å²) in [6, 6.07) is 9.99. The molecule has 3 nitrogen and oxygen atoms in total. The molecule has 2 rings (SSSR count). The number of carbonyl (C=O) groups excluding carboxylic acids is 1. The lowest BCUT2D eigenvalue weighted by molar-refractivity contribution is -0.126. The molecule has 1 aliphatic carbocycles. The normalized spacial score (nSPS) is 23.1. The number of halogens is 1. The van der Waals surface area contributed by atoms with Gasteiger partial charge in [-0.05, 0) is 24.8 Å². The average Bonchev–Trinajstić information content (AvgIpc) is 2.76. The Morgan fingerprint density at radius 3 is 2.65 bits per heavy atom. The van der Waals surface area contributed by atoms with Gasteiger partial charge in [0, 0.05) is 0 Å². The van der Waals surface area contributed by atoms with Gasteiger partial charge in [-0.3, -0.25) is 4.79 Å². The van der Waals surface area contributed by atoms with E-state index >= 15 is 0 Å². The van der Waals surface area contributed by atoms with Gasteiger partial charge >= 0.3 is 0 Å². The highest BCUT2D eigenvalue weighted by Gasteiger charge is 2.32. The van der Waals surface area contributed by atoms with Crippen LogP contribution in [0.5, 0.6) is 0 Å². The van der Waals surface area contributed by atoms with Gasteiger partial charge in [0.05, 0.1) is 18.6 Å². The van der Waals surface area contributed by atoms with Gasteiger partial charge in [0.15, 0.2) is 0 Å². The highest BCUT2D eigenvalue weighted by atomic mass is 35.5. The molecule has 0 spiro atoms. The van der Waals surface area contributed by atoms with E-state index in [0.29, 0.717) is 6.61 Å². The summed E-state index contributed by atoms with van der Waals surface area (Å²) in [6.07, 6.45) is 2.86. The molecule has 1 saturated carbocycles. The average molecular weight is 256 g/mol. The minimum atomic E-state index is -0.226. The predicted molar refractivity (Wildman–Crippen MR) is 68.8 cm³/mol. The third kappa shape index (κ3) is 3.72. The Hall–Kier alpha value is -1.06.